The van der Waals surface area contributed by atoms with Crippen LogP contribution < -0.4 is 0 Å². The lowest BCUT2D eigenvalue weighted by atomic mass is 10.0. The van der Waals surface area contributed by atoms with Crippen LogP contribution in [0, 0.1) is 17.2 Å². The van der Waals surface area contributed by atoms with Gasteiger partial charge in [-0.1, -0.05) is 0 Å². The van der Waals surface area contributed by atoms with Gasteiger partial charge in [0.1, 0.15) is 11.0 Å². The molecule has 1 atom stereocenters. The first-order chi connectivity index (χ1) is 9.46. The van der Waals surface area contributed by atoms with Crippen molar-refractivity contribution < 1.29 is 18.3 Å². The van der Waals surface area contributed by atoms with Gasteiger partial charge < -0.3 is 5.11 Å². The molecular formula is C12H13N3O4S. The van der Waals surface area contributed by atoms with Crippen LogP contribution in [0.4, 0.5) is 0 Å². The van der Waals surface area contributed by atoms with E-state index < -0.39 is 21.9 Å². The van der Waals surface area contributed by atoms with E-state index in [2.05, 4.69) is 4.98 Å². The van der Waals surface area contributed by atoms with Crippen molar-refractivity contribution in [2.75, 3.05) is 13.1 Å². The third kappa shape index (κ3) is 2.64. The number of hydrogen-bond acceptors (Lipinski definition) is 5. The van der Waals surface area contributed by atoms with E-state index in [9.17, 15) is 13.2 Å². The van der Waals surface area contributed by atoms with Gasteiger partial charge in [0.2, 0.25) is 10.0 Å². The summed E-state index contributed by atoms with van der Waals surface area (Å²) in [6.45, 7) is 0.184. The lowest BCUT2D eigenvalue weighted by Gasteiger charge is -2.29. The molecule has 0 aromatic carbocycles. The van der Waals surface area contributed by atoms with Crippen LogP contribution in [0.3, 0.4) is 0 Å². The lowest BCUT2D eigenvalue weighted by molar-refractivity contribution is -0.142. The Hall–Kier alpha value is -1.98. The molecule has 8 heteroatoms. The van der Waals surface area contributed by atoms with Crippen molar-refractivity contribution in [3.8, 4) is 6.07 Å². The van der Waals surface area contributed by atoms with Crippen LogP contribution in [0.5, 0.6) is 0 Å². The van der Waals surface area contributed by atoms with Crippen LogP contribution in [0.25, 0.3) is 0 Å². The number of nitriles is 1. The predicted molar refractivity (Wildman–Crippen MR) is 68.1 cm³/mol. The van der Waals surface area contributed by atoms with E-state index in [-0.39, 0.29) is 23.7 Å². The fourth-order valence-electron chi connectivity index (χ4n) is 2.18. The van der Waals surface area contributed by atoms with Crippen molar-refractivity contribution in [1.82, 2.24) is 9.29 Å². The van der Waals surface area contributed by atoms with Crippen LogP contribution in [0.1, 0.15) is 18.5 Å². The number of carboxylic acid groups (broad SMARTS) is 1. The Morgan fingerprint density at radius 1 is 1.55 bits per heavy atom. The summed E-state index contributed by atoms with van der Waals surface area (Å²) in [4.78, 5) is 14.6. The molecule has 0 aliphatic carbocycles. The van der Waals surface area contributed by atoms with Gasteiger partial charge in [-0.2, -0.15) is 9.57 Å². The second-order valence-electron chi connectivity index (χ2n) is 4.50. The van der Waals surface area contributed by atoms with Crippen molar-refractivity contribution in [1.29, 1.82) is 5.26 Å². The first-order valence-electron chi connectivity index (χ1n) is 6.05. The highest BCUT2D eigenvalue weighted by Crippen LogP contribution is 2.24. The number of hydrogen-bond donors (Lipinski definition) is 1. The summed E-state index contributed by atoms with van der Waals surface area (Å²) < 4.78 is 26.1. The molecule has 106 valence electrons. The second kappa shape index (κ2) is 5.56. The predicted octanol–water partition coefficient (Wildman–Crippen LogP) is 0.439. The molecule has 0 spiro atoms. The fraction of sp³-hybridized carbons (Fsp3) is 0.417. The van der Waals surface area contributed by atoms with Gasteiger partial charge in [-0.15, -0.1) is 0 Å². The summed E-state index contributed by atoms with van der Waals surface area (Å²) in [6, 6.07) is 4.49. The third-order valence-corrected chi connectivity index (χ3v) is 5.12. The Morgan fingerprint density at radius 3 is 2.95 bits per heavy atom. The molecule has 1 N–H and O–H groups in total. The van der Waals surface area contributed by atoms with E-state index in [4.69, 9.17) is 10.4 Å². The van der Waals surface area contributed by atoms with E-state index in [0.29, 0.717) is 12.8 Å². The number of carbonyl (C=O) groups is 1. The summed E-state index contributed by atoms with van der Waals surface area (Å²) in [5, 5.41) is 17.9. The number of nitrogens with zero attached hydrogens (tertiary/aromatic N) is 3. The zero-order valence-corrected chi connectivity index (χ0v) is 11.4. The van der Waals surface area contributed by atoms with Gasteiger partial charge in [0.15, 0.2) is 5.69 Å². The van der Waals surface area contributed by atoms with E-state index in [1.54, 1.807) is 6.07 Å². The minimum Gasteiger partial charge on any atom is -0.481 e. The Labute approximate surface area is 116 Å². The summed E-state index contributed by atoms with van der Waals surface area (Å²) in [5.74, 6) is -1.71. The summed E-state index contributed by atoms with van der Waals surface area (Å²) >= 11 is 0. The highest BCUT2D eigenvalue weighted by Gasteiger charge is 2.34. The zero-order valence-electron chi connectivity index (χ0n) is 10.6. The first-order valence-corrected chi connectivity index (χ1v) is 7.49. The van der Waals surface area contributed by atoms with Gasteiger partial charge in [-0.3, -0.25) is 4.79 Å². The highest BCUT2D eigenvalue weighted by atomic mass is 32.2. The largest absolute Gasteiger partial charge is 0.481 e. The second-order valence-corrected chi connectivity index (χ2v) is 6.41. The molecule has 2 rings (SSSR count). The Kier molecular flexibility index (Phi) is 4.01. The van der Waals surface area contributed by atoms with E-state index in [1.165, 1.54) is 18.3 Å². The molecule has 0 bridgehead atoms. The lowest BCUT2D eigenvalue weighted by Crippen LogP contribution is -2.42. The standard InChI is InChI=1S/C12H13N3O4S/c13-7-10-11(4-1-5-14-10)20(18,19)15-6-2-3-9(8-15)12(16)17/h1,4-5,9H,2-3,6,8H2,(H,16,17). The van der Waals surface area contributed by atoms with Gasteiger partial charge >= 0.3 is 5.97 Å². The smallest absolute Gasteiger partial charge is 0.307 e. The molecule has 1 aromatic rings. The van der Waals surface area contributed by atoms with Crippen LogP contribution in [-0.2, 0) is 14.8 Å². The topological polar surface area (TPSA) is 111 Å². The van der Waals surface area contributed by atoms with Crippen molar-refractivity contribution in [3.63, 3.8) is 0 Å². The monoisotopic (exact) mass is 295 g/mol. The molecule has 1 aliphatic rings. The molecule has 20 heavy (non-hydrogen) atoms. The normalized spacial score (nSPS) is 20.2. The molecule has 0 saturated carbocycles. The number of aromatic nitrogens is 1. The number of aliphatic carboxylic acids is 1. The minimum absolute atomic E-state index is 0.0720. The molecule has 0 amide bonds. The average molecular weight is 295 g/mol. The van der Waals surface area contributed by atoms with Crippen molar-refractivity contribution in [3.05, 3.63) is 24.0 Å². The molecule has 7 nitrogen and oxygen atoms in total. The van der Waals surface area contributed by atoms with E-state index >= 15 is 0 Å². The molecular weight excluding hydrogens is 282 g/mol. The average Bonchev–Trinajstić information content (AvgIpc) is 2.47. The first kappa shape index (κ1) is 14.4. The molecule has 1 saturated heterocycles. The minimum atomic E-state index is -3.89. The maximum atomic E-state index is 12.5. The highest BCUT2D eigenvalue weighted by molar-refractivity contribution is 7.89. The van der Waals surface area contributed by atoms with Crippen LogP contribution in [-0.4, -0.2) is 41.9 Å². The molecule has 1 unspecified atom stereocenters. The molecule has 1 aliphatic heterocycles. The van der Waals surface area contributed by atoms with Gasteiger partial charge in [0.05, 0.1) is 5.92 Å². The SMILES string of the molecule is N#Cc1ncccc1S(=O)(=O)N1CCCC(C(=O)O)C1. The van der Waals surface area contributed by atoms with E-state index in [1.807, 2.05) is 0 Å². The van der Waals surface area contributed by atoms with Gasteiger partial charge in [0.25, 0.3) is 0 Å². The maximum absolute atomic E-state index is 12.5. The van der Waals surface area contributed by atoms with Gasteiger partial charge in [-0.25, -0.2) is 13.4 Å². The van der Waals surface area contributed by atoms with Crippen molar-refractivity contribution in [2.24, 2.45) is 5.92 Å². The Bertz CT molecular complexity index is 666. The molecule has 0 radical (unpaired) electrons. The fourth-order valence-corrected chi connectivity index (χ4v) is 3.80. The van der Waals surface area contributed by atoms with Gasteiger partial charge in [0, 0.05) is 19.3 Å². The van der Waals surface area contributed by atoms with Crippen LogP contribution >= 0.6 is 0 Å². The Balaban J connectivity index is 2.35. The van der Waals surface area contributed by atoms with Crippen LogP contribution in [0.15, 0.2) is 23.2 Å². The molecule has 2 heterocycles. The number of pyridine rings is 1. The number of carboxylic acids is 1. The van der Waals surface area contributed by atoms with Crippen LogP contribution in [0.2, 0.25) is 0 Å². The van der Waals surface area contributed by atoms with Crippen molar-refractivity contribution >= 4 is 16.0 Å². The number of sulfonamides is 1. The molecule has 1 aromatic heterocycles. The molecule has 1 fully saturated rings. The quantitative estimate of drug-likeness (QED) is 0.866. The summed E-state index contributed by atoms with van der Waals surface area (Å²) in [5.41, 5.74) is -0.176. The van der Waals surface area contributed by atoms with Gasteiger partial charge in [-0.05, 0) is 25.0 Å². The Morgan fingerprint density at radius 2 is 2.30 bits per heavy atom. The zero-order chi connectivity index (χ0) is 14.8. The summed E-state index contributed by atoms with van der Waals surface area (Å²) in [6.07, 6.45) is 2.28. The third-order valence-electron chi connectivity index (χ3n) is 3.23. The van der Waals surface area contributed by atoms with E-state index in [0.717, 1.165) is 4.31 Å². The number of piperidine rings is 1. The number of rotatable bonds is 3. The van der Waals surface area contributed by atoms with Crippen molar-refractivity contribution in [2.45, 2.75) is 17.7 Å². The maximum Gasteiger partial charge on any atom is 0.307 e. The summed E-state index contributed by atoms with van der Waals surface area (Å²) in [7, 11) is -3.89.